The number of carbonyl (C=O) groups is 1. The lowest BCUT2D eigenvalue weighted by Crippen LogP contribution is -2.39. The number of nitrogens with zero attached hydrogens (tertiary/aromatic N) is 1. The molecule has 0 atom stereocenters. The van der Waals surface area contributed by atoms with Crippen LogP contribution in [0, 0.1) is 0 Å². The Morgan fingerprint density at radius 3 is 2.60 bits per heavy atom. The molecule has 3 nitrogen and oxygen atoms in total. The van der Waals surface area contributed by atoms with Gasteiger partial charge >= 0.3 is 6.43 Å². The number of carbonyl (C=O) groups excluding carboxylic acids is 1. The minimum absolute atomic E-state index is 0.302. The number of alkyl halides is 2. The summed E-state index contributed by atoms with van der Waals surface area (Å²) in [6.45, 7) is 0.944. The van der Waals surface area contributed by atoms with Gasteiger partial charge in [0.15, 0.2) is 0 Å². The minimum Gasteiger partial charge on any atom is -0.350 e. The summed E-state index contributed by atoms with van der Waals surface area (Å²) in [4.78, 5) is 12.7. The number of hydrogen-bond donors (Lipinski definition) is 1. The molecule has 0 aliphatic heterocycles. The molecule has 88 valence electrons. The summed E-state index contributed by atoms with van der Waals surface area (Å²) in [5.41, 5.74) is 0. The van der Waals surface area contributed by atoms with Crippen LogP contribution < -0.4 is 5.32 Å². The highest BCUT2D eigenvalue weighted by molar-refractivity contribution is 5.78. The quantitative estimate of drug-likeness (QED) is 0.756. The van der Waals surface area contributed by atoms with Crippen molar-refractivity contribution in [1.82, 2.24) is 10.2 Å². The maximum Gasteiger partial charge on any atom is 0.315 e. The smallest absolute Gasteiger partial charge is 0.315 e. The molecule has 1 amide bonds. The van der Waals surface area contributed by atoms with Crippen LogP contribution >= 0.6 is 0 Å². The van der Waals surface area contributed by atoms with E-state index in [9.17, 15) is 13.6 Å². The predicted molar refractivity (Wildman–Crippen MR) is 53.9 cm³/mol. The van der Waals surface area contributed by atoms with Gasteiger partial charge in [-0.3, -0.25) is 4.79 Å². The van der Waals surface area contributed by atoms with Gasteiger partial charge in [-0.2, -0.15) is 8.78 Å². The highest BCUT2D eigenvalue weighted by Gasteiger charge is 2.19. The molecule has 1 aliphatic carbocycles. The van der Waals surface area contributed by atoms with Gasteiger partial charge in [-0.15, -0.1) is 0 Å². The number of halogens is 2. The van der Waals surface area contributed by atoms with Crippen molar-refractivity contribution in [2.24, 2.45) is 0 Å². The minimum atomic E-state index is -2.90. The Hall–Kier alpha value is -0.710. The van der Waals surface area contributed by atoms with Gasteiger partial charge in [-0.05, 0) is 19.9 Å². The van der Waals surface area contributed by atoms with E-state index in [1.54, 1.807) is 0 Å². The van der Waals surface area contributed by atoms with Gasteiger partial charge in [-0.1, -0.05) is 12.8 Å². The van der Waals surface area contributed by atoms with Gasteiger partial charge in [0, 0.05) is 19.1 Å². The first-order valence-corrected chi connectivity index (χ1v) is 5.37. The molecule has 0 radical (unpaired) electrons. The molecule has 0 spiro atoms. The van der Waals surface area contributed by atoms with E-state index in [4.69, 9.17) is 0 Å². The topological polar surface area (TPSA) is 32.3 Å². The van der Waals surface area contributed by atoms with E-state index in [0.29, 0.717) is 19.1 Å². The average molecular weight is 220 g/mol. The second-order valence-electron chi connectivity index (χ2n) is 4.01. The molecular formula is C10H18F2N2O. The van der Waals surface area contributed by atoms with Crippen LogP contribution in [0.15, 0.2) is 0 Å². The second-order valence-corrected chi connectivity index (χ2v) is 4.01. The Kier molecular flexibility index (Phi) is 4.94. The Labute approximate surface area is 88.8 Å². The van der Waals surface area contributed by atoms with Gasteiger partial charge in [0.1, 0.15) is 0 Å². The lowest BCUT2D eigenvalue weighted by molar-refractivity contribution is -0.131. The van der Waals surface area contributed by atoms with Crippen molar-refractivity contribution in [3.63, 3.8) is 0 Å². The Bertz CT molecular complexity index is 206. The van der Waals surface area contributed by atoms with Crippen LogP contribution in [0.5, 0.6) is 0 Å². The fourth-order valence-corrected chi connectivity index (χ4v) is 1.96. The first kappa shape index (κ1) is 12.4. The summed E-state index contributed by atoms with van der Waals surface area (Å²) in [5.74, 6) is -1.17. The number of nitrogens with one attached hydrogen (secondary N) is 1. The van der Waals surface area contributed by atoms with Gasteiger partial charge in [0.05, 0.1) is 0 Å². The zero-order valence-electron chi connectivity index (χ0n) is 9.01. The van der Waals surface area contributed by atoms with E-state index < -0.39 is 12.3 Å². The van der Waals surface area contributed by atoms with E-state index in [1.165, 1.54) is 25.7 Å². The van der Waals surface area contributed by atoms with Gasteiger partial charge in [0.25, 0.3) is 5.91 Å². The highest BCUT2D eigenvalue weighted by Crippen LogP contribution is 2.21. The number of rotatable bonds is 5. The summed E-state index contributed by atoms with van der Waals surface area (Å²) >= 11 is 0. The third-order valence-corrected chi connectivity index (χ3v) is 2.91. The molecular weight excluding hydrogens is 202 g/mol. The van der Waals surface area contributed by atoms with Crippen LogP contribution in [0.1, 0.15) is 25.7 Å². The van der Waals surface area contributed by atoms with E-state index >= 15 is 0 Å². The fraction of sp³-hybridized carbons (Fsp3) is 0.900. The van der Waals surface area contributed by atoms with Crippen LogP contribution in [0.4, 0.5) is 8.78 Å². The van der Waals surface area contributed by atoms with Crippen molar-refractivity contribution in [2.45, 2.75) is 38.2 Å². The molecule has 1 saturated carbocycles. The monoisotopic (exact) mass is 220 g/mol. The normalized spacial score (nSPS) is 17.7. The molecule has 1 fully saturated rings. The van der Waals surface area contributed by atoms with Crippen LogP contribution in [-0.4, -0.2) is 43.4 Å². The van der Waals surface area contributed by atoms with Crippen LogP contribution in [-0.2, 0) is 4.79 Å². The standard InChI is InChI=1S/C10H18F2N2O/c1-14(8-4-2-3-5-8)7-6-13-10(15)9(11)12/h8-9H,2-7H2,1H3,(H,13,15). The third kappa shape index (κ3) is 4.11. The lowest BCUT2D eigenvalue weighted by atomic mass is 10.2. The average Bonchev–Trinajstić information content (AvgIpc) is 2.70. The Morgan fingerprint density at radius 1 is 1.47 bits per heavy atom. The van der Waals surface area contributed by atoms with Crippen LogP contribution in [0.25, 0.3) is 0 Å². The molecule has 0 bridgehead atoms. The summed E-state index contributed by atoms with van der Waals surface area (Å²) < 4.78 is 23.7. The van der Waals surface area contributed by atoms with Crippen molar-refractivity contribution in [2.75, 3.05) is 20.1 Å². The first-order chi connectivity index (χ1) is 7.11. The summed E-state index contributed by atoms with van der Waals surface area (Å²) in [6, 6.07) is 0.563. The SMILES string of the molecule is CN(CCNC(=O)C(F)F)C1CCCC1. The molecule has 1 rings (SSSR count). The van der Waals surface area contributed by atoms with Crippen LogP contribution in [0.3, 0.4) is 0 Å². The summed E-state index contributed by atoms with van der Waals surface area (Å²) in [5, 5.41) is 2.21. The number of likely N-dealkylation sites (N-methyl/N-ethyl adjacent to an activating group) is 1. The maximum absolute atomic E-state index is 11.8. The van der Waals surface area contributed by atoms with Crippen molar-refractivity contribution < 1.29 is 13.6 Å². The van der Waals surface area contributed by atoms with Gasteiger partial charge < -0.3 is 10.2 Å². The zero-order valence-corrected chi connectivity index (χ0v) is 9.01. The highest BCUT2D eigenvalue weighted by atomic mass is 19.3. The molecule has 0 aromatic rings. The number of amides is 1. The molecule has 15 heavy (non-hydrogen) atoms. The van der Waals surface area contributed by atoms with Crippen LogP contribution in [0.2, 0.25) is 0 Å². The predicted octanol–water partition coefficient (Wildman–Crippen LogP) is 1.24. The fourth-order valence-electron chi connectivity index (χ4n) is 1.96. The van der Waals surface area contributed by atoms with Crippen molar-refractivity contribution in [3.8, 4) is 0 Å². The molecule has 0 unspecified atom stereocenters. The summed E-state index contributed by atoms with van der Waals surface area (Å²) in [7, 11) is 1.98. The van der Waals surface area contributed by atoms with Crippen molar-refractivity contribution >= 4 is 5.91 Å². The van der Waals surface area contributed by atoms with E-state index in [1.807, 2.05) is 7.05 Å². The number of hydrogen-bond acceptors (Lipinski definition) is 2. The Balaban J connectivity index is 2.11. The second kappa shape index (κ2) is 6.00. The molecule has 0 aromatic carbocycles. The van der Waals surface area contributed by atoms with E-state index in [-0.39, 0.29) is 0 Å². The van der Waals surface area contributed by atoms with Crippen molar-refractivity contribution in [1.29, 1.82) is 0 Å². The van der Waals surface area contributed by atoms with Gasteiger partial charge in [0.2, 0.25) is 0 Å². The van der Waals surface area contributed by atoms with E-state index in [2.05, 4.69) is 10.2 Å². The maximum atomic E-state index is 11.8. The molecule has 0 saturated heterocycles. The molecule has 1 N–H and O–H groups in total. The molecule has 0 heterocycles. The Morgan fingerprint density at radius 2 is 2.07 bits per heavy atom. The van der Waals surface area contributed by atoms with Crippen molar-refractivity contribution in [3.05, 3.63) is 0 Å². The molecule has 5 heteroatoms. The lowest BCUT2D eigenvalue weighted by Gasteiger charge is -2.23. The van der Waals surface area contributed by atoms with Gasteiger partial charge in [-0.25, -0.2) is 0 Å². The third-order valence-electron chi connectivity index (χ3n) is 2.91. The molecule has 0 aromatic heterocycles. The van der Waals surface area contributed by atoms with E-state index in [0.717, 1.165) is 0 Å². The first-order valence-electron chi connectivity index (χ1n) is 5.37. The zero-order chi connectivity index (χ0) is 11.3. The molecule has 1 aliphatic rings. The largest absolute Gasteiger partial charge is 0.350 e. The summed E-state index contributed by atoms with van der Waals surface area (Å²) in [6.07, 6.45) is 1.96.